The zero-order chi connectivity index (χ0) is 20.9. The van der Waals surface area contributed by atoms with Crippen molar-refractivity contribution in [2.75, 3.05) is 44.2 Å². The van der Waals surface area contributed by atoms with Crippen LogP contribution in [-0.4, -0.2) is 66.0 Å². The van der Waals surface area contributed by atoms with Gasteiger partial charge in [0.1, 0.15) is 0 Å². The number of aromatic nitrogens is 1. The summed E-state index contributed by atoms with van der Waals surface area (Å²) in [6.45, 7) is 7.05. The molecule has 2 aromatic rings. The van der Waals surface area contributed by atoms with Crippen LogP contribution in [0.3, 0.4) is 0 Å². The molecule has 30 heavy (non-hydrogen) atoms. The minimum atomic E-state index is -0.461. The van der Waals surface area contributed by atoms with Gasteiger partial charge in [-0.05, 0) is 56.1 Å². The van der Waals surface area contributed by atoms with Crippen LogP contribution in [0.5, 0.6) is 0 Å². The van der Waals surface area contributed by atoms with Crippen molar-refractivity contribution in [3.8, 4) is 0 Å². The van der Waals surface area contributed by atoms with Gasteiger partial charge >= 0.3 is 0 Å². The highest BCUT2D eigenvalue weighted by Crippen LogP contribution is 2.24. The molecular formula is C23H30ClN5O. The molecule has 1 aromatic carbocycles. The van der Waals surface area contributed by atoms with E-state index >= 15 is 0 Å². The van der Waals surface area contributed by atoms with Crippen LogP contribution < -0.4 is 10.6 Å². The van der Waals surface area contributed by atoms with Crippen LogP contribution >= 0.6 is 11.6 Å². The molecule has 4 rings (SSSR count). The molecule has 0 radical (unpaired) electrons. The Balaban J connectivity index is 1.32. The molecule has 0 unspecified atom stereocenters. The summed E-state index contributed by atoms with van der Waals surface area (Å²) < 4.78 is 0. The summed E-state index contributed by atoms with van der Waals surface area (Å²) in [4.78, 5) is 23.4. The first kappa shape index (κ1) is 21.1. The van der Waals surface area contributed by atoms with Gasteiger partial charge in [-0.25, -0.2) is 4.98 Å². The zero-order valence-electron chi connectivity index (χ0n) is 17.3. The number of anilines is 1. The van der Waals surface area contributed by atoms with Crippen molar-refractivity contribution in [2.45, 2.75) is 31.8 Å². The average molecular weight is 428 g/mol. The summed E-state index contributed by atoms with van der Waals surface area (Å²) >= 11 is 6.33. The fraction of sp³-hybridized carbons (Fsp3) is 0.478. The summed E-state index contributed by atoms with van der Waals surface area (Å²) in [6, 6.07) is 12.6. The van der Waals surface area contributed by atoms with E-state index in [9.17, 15) is 4.79 Å². The van der Waals surface area contributed by atoms with E-state index in [1.54, 1.807) is 6.20 Å². The number of benzene rings is 1. The van der Waals surface area contributed by atoms with Gasteiger partial charge in [0.2, 0.25) is 0 Å². The Hall–Kier alpha value is -2.15. The summed E-state index contributed by atoms with van der Waals surface area (Å²) in [5.74, 6) is -0.461. The topological polar surface area (TPSA) is 65.7 Å². The van der Waals surface area contributed by atoms with Gasteiger partial charge in [-0.2, -0.15) is 0 Å². The highest BCUT2D eigenvalue weighted by Gasteiger charge is 2.27. The molecule has 0 atom stereocenters. The number of nitrogens with zero attached hydrogens (tertiary/aromatic N) is 4. The highest BCUT2D eigenvalue weighted by molar-refractivity contribution is 6.31. The van der Waals surface area contributed by atoms with Gasteiger partial charge in [0.15, 0.2) is 5.69 Å². The van der Waals surface area contributed by atoms with Crippen molar-refractivity contribution in [3.05, 3.63) is 58.9 Å². The molecule has 2 N–H and O–H groups in total. The van der Waals surface area contributed by atoms with Gasteiger partial charge < -0.3 is 10.6 Å². The van der Waals surface area contributed by atoms with Crippen molar-refractivity contribution < 1.29 is 4.79 Å². The number of carbonyl (C=O) groups is 1. The first-order valence-corrected chi connectivity index (χ1v) is 11.2. The van der Waals surface area contributed by atoms with Crippen LogP contribution in [0.2, 0.25) is 5.02 Å². The number of carbonyl (C=O) groups excluding carboxylic acids is 1. The maximum absolute atomic E-state index is 11.8. The van der Waals surface area contributed by atoms with Gasteiger partial charge in [-0.3, -0.25) is 14.6 Å². The standard InChI is InChI=1S/C23H30ClN5O/c24-20-6-2-1-5-18(20)17-27-13-8-19(9-14-27)28-11-4-12-29(16-15-28)21-7-3-10-26-22(21)23(25)30/h1-3,5-7,10,19H,4,8-9,11-17H2,(H2,25,30). The second kappa shape index (κ2) is 9.77. The lowest BCUT2D eigenvalue weighted by Gasteiger charge is -2.38. The molecule has 160 valence electrons. The first-order chi connectivity index (χ1) is 14.6. The van der Waals surface area contributed by atoms with E-state index in [-0.39, 0.29) is 0 Å². The fourth-order valence-electron chi connectivity index (χ4n) is 4.70. The minimum absolute atomic E-state index is 0.374. The van der Waals surface area contributed by atoms with Gasteiger partial charge in [-0.1, -0.05) is 29.8 Å². The van der Waals surface area contributed by atoms with Crippen LogP contribution in [0.4, 0.5) is 5.69 Å². The number of amides is 1. The van der Waals surface area contributed by atoms with Gasteiger partial charge in [0, 0.05) is 50.0 Å². The third kappa shape index (κ3) is 4.94. The summed E-state index contributed by atoms with van der Waals surface area (Å²) in [6.07, 6.45) is 5.07. The molecule has 2 aliphatic rings. The van der Waals surface area contributed by atoms with Gasteiger partial charge in [0.25, 0.3) is 5.91 Å². The highest BCUT2D eigenvalue weighted by atomic mass is 35.5. The molecule has 3 heterocycles. The molecule has 1 amide bonds. The summed E-state index contributed by atoms with van der Waals surface area (Å²) in [5, 5.41) is 0.859. The SMILES string of the molecule is NC(=O)c1ncccc1N1CCCN(C2CCN(Cc3ccccc3Cl)CC2)CC1. The lowest BCUT2D eigenvalue weighted by Crippen LogP contribution is -2.46. The van der Waals surface area contributed by atoms with E-state index in [4.69, 9.17) is 17.3 Å². The second-order valence-corrected chi connectivity index (χ2v) is 8.62. The number of halogens is 1. The molecule has 1 aromatic heterocycles. The Morgan fingerprint density at radius 1 is 1.03 bits per heavy atom. The molecule has 0 saturated carbocycles. The molecule has 2 saturated heterocycles. The van der Waals surface area contributed by atoms with E-state index in [1.165, 1.54) is 18.4 Å². The molecule has 2 fully saturated rings. The van der Waals surface area contributed by atoms with E-state index < -0.39 is 5.91 Å². The Morgan fingerprint density at radius 3 is 2.60 bits per heavy atom. The monoisotopic (exact) mass is 427 g/mol. The first-order valence-electron chi connectivity index (χ1n) is 10.8. The van der Waals surface area contributed by atoms with Crippen molar-refractivity contribution in [1.29, 1.82) is 0 Å². The molecule has 0 spiro atoms. The van der Waals surface area contributed by atoms with Gasteiger partial charge in [0.05, 0.1) is 5.69 Å². The number of pyridine rings is 1. The Labute approximate surface area is 183 Å². The molecule has 6 nitrogen and oxygen atoms in total. The van der Waals surface area contributed by atoms with Crippen molar-refractivity contribution >= 4 is 23.2 Å². The number of nitrogens with two attached hydrogens (primary N) is 1. The normalized spacial score (nSPS) is 19.6. The number of piperidine rings is 1. The second-order valence-electron chi connectivity index (χ2n) is 8.21. The minimum Gasteiger partial charge on any atom is -0.368 e. The predicted octanol–water partition coefficient (Wildman–Crippen LogP) is 3.01. The number of hydrogen-bond donors (Lipinski definition) is 1. The van der Waals surface area contributed by atoms with Crippen LogP contribution in [0.15, 0.2) is 42.6 Å². The number of primary amides is 1. The largest absolute Gasteiger partial charge is 0.368 e. The van der Waals surface area contributed by atoms with E-state index in [1.807, 2.05) is 24.3 Å². The maximum Gasteiger partial charge on any atom is 0.269 e. The van der Waals surface area contributed by atoms with Crippen molar-refractivity contribution in [1.82, 2.24) is 14.8 Å². The van der Waals surface area contributed by atoms with Crippen LogP contribution in [0, 0.1) is 0 Å². The maximum atomic E-state index is 11.8. The van der Waals surface area contributed by atoms with Crippen LogP contribution in [0.25, 0.3) is 0 Å². The van der Waals surface area contributed by atoms with Crippen LogP contribution in [0.1, 0.15) is 35.3 Å². The Kier molecular flexibility index (Phi) is 6.87. The number of likely N-dealkylation sites (tertiary alicyclic amines) is 1. The van der Waals surface area contributed by atoms with Gasteiger partial charge in [-0.15, -0.1) is 0 Å². The van der Waals surface area contributed by atoms with Crippen molar-refractivity contribution in [2.24, 2.45) is 5.73 Å². The van der Waals surface area contributed by atoms with E-state index in [2.05, 4.69) is 31.8 Å². The Bertz CT molecular complexity index is 868. The zero-order valence-corrected chi connectivity index (χ0v) is 18.1. The Morgan fingerprint density at radius 2 is 1.83 bits per heavy atom. The lowest BCUT2D eigenvalue weighted by molar-refractivity contribution is 0.0996. The van der Waals surface area contributed by atoms with E-state index in [0.29, 0.717) is 11.7 Å². The molecule has 2 aliphatic heterocycles. The van der Waals surface area contributed by atoms with Crippen molar-refractivity contribution in [3.63, 3.8) is 0 Å². The molecular weight excluding hydrogens is 398 g/mol. The predicted molar refractivity (Wildman–Crippen MR) is 121 cm³/mol. The number of rotatable bonds is 5. The summed E-state index contributed by atoms with van der Waals surface area (Å²) in [7, 11) is 0. The third-order valence-corrected chi connectivity index (χ3v) is 6.69. The smallest absolute Gasteiger partial charge is 0.269 e. The lowest BCUT2D eigenvalue weighted by atomic mass is 10.0. The molecule has 0 bridgehead atoms. The third-order valence-electron chi connectivity index (χ3n) is 6.32. The molecule has 7 heteroatoms. The number of hydrogen-bond acceptors (Lipinski definition) is 5. The van der Waals surface area contributed by atoms with Crippen LogP contribution in [-0.2, 0) is 6.54 Å². The fourth-order valence-corrected chi connectivity index (χ4v) is 4.89. The molecule has 0 aliphatic carbocycles. The summed E-state index contributed by atoms with van der Waals surface area (Å²) in [5.41, 5.74) is 7.98. The average Bonchev–Trinajstić information content (AvgIpc) is 3.02. The van der Waals surface area contributed by atoms with E-state index in [0.717, 1.165) is 62.9 Å². The quantitative estimate of drug-likeness (QED) is 0.794.